The van der Waals surface area contributed by atoms with Crippen molar-refractivity contribution in [1.29, 1.82) is 0 Å². The number of ether oxygens (including phenoxy) is 2. The number of hydrogen-bond donors (Lipinski definition) is 4. The van der Waals surface area contributed by atoms with Crippen LogP contribution in [0.15, 0.2) is 72.8 Å². The number of carboxylic acid groups (broad SMARTS) is 2. The van der Waals surface area contributed by atoms with Crippen LogP contribution in [0.5, 0.6) is 0 Å². The van der Waals surface area contributed by atoms with Crippen LogP contribution >= 0.6 is 0 Å². The summed E-state index contributed by atoms with van der Waals surface area (Å²) >= 11 is 0. The Hall–Kier alpha value is -4.64. The van der Waals surface area contributed by atoms with E-state index >= 15 is 0 Å². The molecule has 1 heterocycles. The molecular weight excluding hydrogens is 504 g/mol. The Kier molecular flexibility index (Phi) is 8.62. The van der Waals surface area contributed by atoms with Crippen LogP contribution in [0.4, 0.5) is 0 Å². The second-order valence-electron chi connectivity index (χ2n) is 8.71. The molecule has 10 heteroatoms. The number of nitrogens with two attached hydrogens (primary N) is 1. The normalized spacial score (nSPS) is 14.7. The number of aromatic carboxylic acids is 2. The zero-order valence-corrected chi connectivity index (χ0v) is 20.8. The Labute approximate surface area is 222 Å². The van der Waals surface area contributed by atoms with Gasteiger partial charge in [-0.1, -0.05) is 48.5 Å². The molecule has 4 aromatic rings. The van der Waals surface area contributed by atoms with Crippen molar-refractivity contribution in [1.82, 2.24) is 5.32 Å². The minimum absolute atomic E-state index is 0.253. The molecule has 0 spiro atoms. The van der Waals surface area contributed by atoms with E-state index in [1.807, 2.05) is 0 Å². The van der Waals surface area contributed by atoms with Gasteiger partial charge in [0.1, 0.15) is 0 Å². The van der Waals surface area contributed by atoms with Crippen LogP contribution in [-0.4, -0.2) is 66.4 Å². The molecule has 5 N–H and O–H groups in total. The van der Waals surface area contributed by atoms with Crippen LogP contribution in [-0.2, 0) is 9.47 Å². The molecule has 1 fully saturated rings. The Morgan fingerprint density at radius 1 is 0.769 bits per heavy atom. The predicted molar refractivity (Wildman–Crippen MR) is 143 cm³/mol. The fraction of sp³-hybridized carbons (Fsp3) is 0.172. The first-order valence-corrected chi connectivity index (χ1v) is 12.1. The molecule has 0 aromatic heterocycles. The number of carbonyl (C=O) groups is 4. The van der Waals surface area contributed by atoms with Crippen LogP contribution in [0.1, 0.15) is 41.4 Å². The smallest absolute Gasteiger partial charge is 0.346 e. The fourth-order valence-electron chi connectivity index (χ4n) is 4.14. The molecule has 39 heavy (non-hydrogen) atoms. The third-order valence-corrected chi connectivity index (χ3v) is 6.13. The summed E-state index contributed by atoms with van der Waals surface area (Å²) < 4.78 is 10.1. The predicted octanol–water partition coefficient (Wildman–Crippen LogP) is 3.32. The minimum Gasteiger partial charge on any atom is -0.478 e. The first-order valence-electron chi connectivity index (χ1n) is 12.1. The molecule has 1 aliphatic rings. The standard InChI is InChI=1S/C24H14O7.C5H12N2O/c25-21(26)17-9-13-5-1-3-7-15(13)11-19(17)23(29)31-24(30)20-12-16-8-4-2-6-14(16)10-18(20)22(27)28;6-3-5-4-7-1-2-8-5/h1-12H,(H,25,26)(H,27,28);5,7H,1-4,6H2. The lowest BCUT2D eigenvalue weighted by Crippen LogP contribution is -2.42. The highest BCUT2D eigenvalue weighted by molar-refractivity contribution is 6.13. The molecule has 1 unspecified atom stereocenters. The van der Waals surface area contributed by atoms with E-state index in [1.165, 1.54) is 24.3 Å². The summed E-state index contributed by atoms with van der Waals surface area (Å²) in [6, 6.07) is 18.9. The second kappa shape index (κ2) is 12.3. The number of carboxylic acids is 2. The highest BCUT2D eigenvalue weighted by Gasteiger charge is 2.25. The summed E-state index contributed by atoms with van der Waals surface area (Å²) in [6.07, 6.45) is 0.253. The monoisotopic (exact) mass is 530 g/mol. The molecule has 5 rings (SSSR count). The lowest BCUT2D eigenvalue weighted by molar-refractivity contribution is 0.0346. The molecule has 0 radical (unpaired) electrons. The molecule has 0 bridgehead atoms. The van der Waals surface area contributed by atoms with Gasteiger partial charge in [-0.05, 0) is 45.8 Å². The van der Waals surface area contributed by atoms with E-state index in [0.717, 1.165) is 19.7 Å². The van der Waals surface area contributed by atoms with Gasteiger partial charge < -0.3 is 30.7 Å². The quantitative estimate of drug-likeness (QED) is 0.222. The van der Waals surface area contributed by atoms with Gasteiger partial charge in [-0.2, -0.15) is 0 Å². The maximum atomic E-state index is 12.7. The van der Waals surface area contributed by atoms with Gasteiger partial charge in [0.25, 0.3) is 0 Å². The van der Waals surface area contributed by atoms with Crippen LogP contribution in [0.25, 0.3) is 21.5 Å². The number of rotatable bonds is 5. The third kappa shape index (κ3) is 6.44. The Morgan fingerprint density at radius 3 is 1.49 bits per heavy atom. The van der Waals surface area contributed by atoms with Gasteiger partial charge in [-0.25, -0.2) is 19.2 Å². The van der Waals surface area contributed by atoms with Crippen molar-refractivity contribution in [3.63, 3.8) is 0 Å². The molecule has 0 saturated carbocycles. The van der Waals surface area contributed by atoms with Gasteiger partial charge in [0.05, 0.1) is 35.0 Å². The highest BCUT2D eigenvalue weighted by atomic mass is 16.6. The van der Waals surface area contributed by atoms with Crippen molar-refractivity contribution < 1.29 is 38.9 Å². The topological polar surface area (TPSA) is 165 Å². The van der Waals surface area contributed by atoms with E-state index in [-0.39, 0.29) is 28.4 Å². The summed E-state index contributed by atoms with van der Waals surface area (Å²) in [6.45, 7) is 3.32. The summed E-state index contributed by atoms with van der Waals surface area (Å²) in [5, 5.41) is 24.5. The Morgan fingerprint density at radius 2 is 1.18 bits per heavy atom. The summed E-state index contributed by atoms with van der Waals surface area (Å²) in [5.74, 6) is -5.08. The highest BCUT2D eigenvalue weighted by Crippen LogP contribution is 2.24. The van der Waals surface area contributed by atoms with Crippen LogP contribution in [0.3, 0.4) is 0 Å². The zero-order chi connectivity index (χ0) is 27.9. The molecule has 4 aromatic carbocycles. The molecule has 0 aliphatic carbocycles. The van der Waals surface area contributed by atoms with Gasteiger partial charge in [0, 0.05) is 19.6 Å². The first-order chi connectivity index (χ1) is 18.8. The van der Waals surface area contributed by atoms with Gasteiger partial charge >= 0.3 is 23.9 Å². The number of hydrogen-bond acceptors (Lipinski definition) is 8. The number of benzene rings is 4. The first kappa shape index (κ1) is 27.4. The maximum Gasteiger partial charge on any atom is 0.346 e. The van der Waals surface area contributed by atoms with E-state index in [9.17, 15) is 29.4 Å². The SMILES string of the molecule is NCC1CNCCO1.O=C(O)c1cc2ccccc2cc1C(=O)OC(=O)c1cc2ccccc2cc1C(=O)O. The average molecular weight is 531 g/mol. The summed E-state index contributed by atoms with van der Waals surface area (Å²) in [7, 11) is 0. The van der Waals surface area contributed by atoms with E-state index in [1.54, 1.807) is 48.5 Å². The van der Waals surface area contributed by atoms with Crippen LogP contribution < -0.4 is 11.1 Å². The minimum atomic E-state index is -1.36. The number of esters is 2. The van der Waals surface area contributed by atoms with Crippen molar-refractivity contribution in [3.8, 4) is 0 Å². The van der Waals surface area contributed by atoms with E-state index in [0.29, 0.717) is 28.1 Å². The molecule has 1 saturated heterocycles. The van der Waals surface area contributed by atoms with Crippen LogP contribution in [0, 0.1) is 0 Å². The van der Waals surface area contributed by atoms with E-state index in [4.69, 9.17) is 15.2 Å². The Balaban J connectivity index is 0.000000379. The largest absolute Gasteiger partial charge is 0.478 e. The van der Waals surface area contributed by atoms with Crippen molar-refractivity contribution in [2.24, 2.45) is 5.73 Å². The van der Waals surface area contributed by atoms with E-state index in [2.05, 4.69) is 5.32 Å². The van der Waals surface area contributed by atoms with Gasteiger partial charge in [-0.3, -0.25) is 0 Å². The molecular formula is C29H26N2O8. The third-order valence-electron chi connectivity index (χ3n) is 6.13. The lowest BCUT2D eigenvalue weighted by Gasteiger charge is -2.21. The van der Waals surface area contributed by atoms with Crippen molar-refractivity contribution in [2.75, 3.05) is 26.2 Å². The number of fused-ring (bicyclic) bond motifs is 2. The van der Waals surface area contributed by atoms with Crippen molar-refractivity contribution in [3.05, 3.63) is 95.1 Å². The molecule has 10 nitrogen and oxygen atoms in total. The fourth-order valence-corrected chi connectivity index (χ4v) is 4.14. The van der Waals surface area contributed by atoms with Crippen molar-refractivity contribution >= 4 is 45.4 Å². The summed E-state index contributed by atoms with van der Waals surface area (Å²) in [5.41, 5.74) is 4.07. The van der Waals surface area contributed by atoms with Crippen LogP contribution in [0.2, 0.25) is 0 Å². The van der Waals surface area contributed by atoms with Crippen molar-refractivity contribution in [2.45, 2.75) is 6.10 Å². The second-order valence-corrected chi connectivity index (χ2v) is 8.71. The van der Waals surface area contributed by atoms with Gasteiger partial charge in [-0.15, -0.1) is 0 Å². The maximum absolute atomic E-state index is 12.7. The lowest BCUT2D eigenvalue weighted by atomic mass is 10.00. The molecule has 0 amide bonds. The van der Waals surface area contributed by atoms with E-state index < -0.39 is 23.9 Å². The molecule has 200 valence electrons. The number of morpholine rings is 1. The zero-order valence-electron chi connectivity index (χ0n) is 20.8. The van der Waals surface area contributed by atoms with Gasteiger partial charge in [0.2, 0.25) is 0 Å². The molecule has 1 atom stereocenters. The molecule has 1 aliphatic heterocycles. The average Bonchev–Trinajstić information content (AvgIpc) is 2.96. The number of carbonyl (C=O) groups excluding carboxylic acids is 2. The van der Waals surface area contributed by atoms with Gasteiger partial charge in [0.15, 0.2) is 0 Å². The number of nitrogens with one attached hydrogen (secondary N) is 1. The Bertz CT molecular complexity index is 1450. The summed E-state index contributed by atoms with van der Waals surface area (Å²) in [4.78, 5) is 48.7.